The number of rotatable bonds is 4. The van der Waals surface area contributed by atoms with Gasteiger partial charge < -0.3 is 4.74 Å². The van der Waals surface area contributed by atoms with Crippen LogP contribution < -0.4 is 4.74 Å². The predicted molar refractivity (Wildman–Crippen MR) is 70.7 cm³/mol. The lowest BCUT2D eigenvalue weighted by atomic mass is 10.1. The summed E-state index contributed by atoms with van der Waals surface area (Å²) in [6, 6.07) is 3.16. The first-order valence-electron chi connectivity index (χ1n) is 5.73. The van der Waals surface area contributed by atoms with Gasteiger partial charge in [0.1, 0.15) is 5.69 Å². The average Bonchev–Trinajstić information content (AvgIpc) is 3.11. The zero-order valence-corrected chi connectivity index (χ0v) is 12.2. The minimum atomic E-state index is -4.45. The van der Waals surface area contributed by atoms with Crippen LogP contribution in [0.2, 0.25) is 0 Å². The number of ether oxygens (including phenoxy) is 1. The van der Waals surface area contributed by atoms with Gasteiger partial charge in [-0.2, -0.15) is 13.2 Å². The van der Waals surface area contributed by atoms with Crippen molar-refractivity contribution < 1.29 is 22.7 Å². The molecule has 0 saturated heterocycles. The van der Waals surface area contributed by atoms with Crippen LogP contribution in [-0.4, -0.2) is 21.1 Å². The van der Waals surface area contributed by atoms with Crippen LogP contribution in [0.25, 0.3) is 0 Å². The summed E-state index contributed by atoms with van der Waals surface area (Å²) in [5, 5.41) is 0. The van der Waals surface area contributed by atoms with Crippen LogP contribution in [0, 0.1) is 0 Å². The van der Waals surface area contributed by atoms with E-state index in [4.69, 9.17) is 4.74 Å². The smallest absolute Gasteiger partial charge is 0.425 e. The highest BCUT2D eigenvalue weighted by Gasteiger charge is 2.39. The number of pyridine rings is 1. The summed E-state index contributed by atoms with van der Waals surface area (Å²) in [6.45, 7) is 0.927. The van der Waals surface area contributed by atoms with Gasteiger partial charge >= 0.3 is 6.18 Å². The first-order valence-corrected chi connectivity index (χ1v) is 6.81. The maximum Gasteiger partial charge on any atom is 0.425 e. The Morgan fingerprint density at radius 2 is 2.11 bits per heavy atom. The fourth-order valence-electron chi connectivity index (χ4n) is 1.59. The summed E-state index contributed by atoms with van der Waals surface area (Å²) in [7, 11) is 0. The first-order chi connectivity index (χ1) is 8.79. The van der Waals surface area contributed by atoms with Gasteiger partial charge in [0.2, 0.25) is 9.67 Å². The normalized spacial score (nSPS) is 17.1. The molecule has 0 spiro atoms. The minimum absolute atomic E-state index is 0.0742. The lowest BCUT2D eigenvalue weighted by molar-refractivity contribution is -0.190. The molecule has 1 unspecified atom stereocenters. The molecule has 1 aliphatic rings. The number of carbonyl (C=O) groups excluding carboxylic acids is 1. The van der Waals surface area contributed by atoms with E-state index in [1.807, 2.05) is 0 Å². The molecule has 1 atom stereocenters. The number of alkyl halides is 3. The zero-order chi connectivity index (χ0) is 14.2. The van der Waals surface area contributed by atoms with Crippen molar-refractivity contribution in [1.29, 1.82) is 0 Å². The van der Waals surface area contributed by atoms with Crippen LogP contribution in [0.1, 0.15) is 41.7 Å². The minimum Gasteiger partial charge on any atom is -0.465 e. The molecule has 1 aromatic heterocycles. The van der Waals surface area contributed by atoms with E-state index in [-0.39, 0.29) is 21.3 Å². The highest BCUT2D eigenvalue weighted by atomic mass is 127. The van der Waals surface area contributed by atoms with E-state index in [2.05, 4.69) is 4.98 Å². The van der Waals surface area contributed by atoms with Crippen LogP contribution in [0.3, 0.4) is 0 Å². The third-order valence-electron chi connectivity index (χ3n) is 2.86. The molecule has 1 saturated carbocycles. The van der Waals surface area contributed by atoms with E-state index < -0.39 is 12.3 Å². The topological polar surface area (TPSA) is 39.2 Å². The van der Waals surface area contributed by atoms with Crippen molar-refractivity contribution in [2.75, 3.05) is 0 Å². The standard InChI is InChI=1S/C12H11F3INO2/c1-6(12(13,14)15)19-11-8(7-2-3-7)4-5-9(17-11)10(16)18/h4-7H,2-3H2,1H3. The van der Waals surface area contributed by atoms with Gasteiger partial charge in [-0.3, -0.25) is 4.79 Å². The second kappa shape index (κ2) is 5.26. The van der Waals surface area contributed by atoms with E-state index >= 15 is 0 Å². The van der Waals surface area contributed by atoms with Crippen LogP contribution >= 0.6 is 22.6 Å². The van der Waals surface area contributed by atoms with Gasteiger partial charge in [0.15, 0.2) is 6.10 Å². The monoisotopic (exact) mass is 385 g/mol. The Morgan fingerprint density at radius 3 is 2.58 bits per heavy atom. The third kappa shape index (κ3) is 3.58. The number of nitrogens with zero attached hydrogens (tertiary/aromatic N) is 1. The molecule has 0 N–H and O–H groups in total. The van der Waals surface area contributed by atoms with E-state index in [0.717, 1.165) is 19.8 Å². The molecule has 0 radical (unpaired) electrons. The molecule has 0 bridgehead atoms. The van der Waals surface area contributed by atoms with Crippen molar-refractivity contribution in [2.45, 2.75) is 38.0 Å². The summed E-state index contributed by atoms with van der Waals surface area (Å²) < 4.78 is 42.1. The molecule has 2 rings (SSSR count). The summed E-state index contributed by atoms with van der Waals surface area (Å²) >= 11 is 1.54. The summed E-state index contributed by atoms with van der Waals surface area (Å²) in [5.74, 6) is 0.121. The van der Waals surface area contributed by atoms with Crippen LogP contribution in [0.15, 0.2) is 12.1 Å². The highest BCUT2D eigenvalue weighted by molar-refractivity contribution is 14.1. The molecule has 7 heteroatoms. The lowest BCUT2D eigenvalue weighted by Crippen LogP contribution is -2.31. The summed E-state index contributed by atoms with van der Waals surface area (Å²) in [5.41, 5.74) is 0.756. The van der Waals surface area contributed by atoms with Crippen LogP contribution in [-0.2, 0) is 0 Å². The van der Waals surface area contributed by atoms with Gasteiger partial charge in [-0.15, -0.1) is 0 Å². The van der Waals surface area contributed by atoms with Crippen LogP contribution in [0.4, 0.5) is 13.2 Å². The molecule has 1 aliphatic carbocycles. The molecular formula is C12H11F3INO2. The number of carbonyl (C=O) groups is 1. The van der Waals surface area contributed by atoms with Crippen LogP contribution in [0.5, 0.6) is 5.88 Å². The molecular weight excluding hydrogens is 374 g/mol. The maximum atomic E-state index is 12.5. The Bertz CT molecular complexity index is 500. The highest BCUT2D eigenvalue weighted by Crippen LogP contribution is 2.44. The van der Waals surface area contributed by atoms with Crippen molar-refractivity contribution in [1.82, 2.24) is 4.98 Å². The van der Waals surface area contributed by atoms with Gasteiger partial charge in [0.05, 0.1) is 0 Å². The second-order valence-corrected chi connectivity index (χ2v) is 5.42. The quantitative estimate of drug-likeness (QED) is 0.584. The fraction of sp³-hybridized carbons (Fsp3) is 0.500. The zero-order valence-electron chi connectivity index (χ0n) is 10.00. The van der Waals surface area contributed by atoms with Gasteiger partial charge in [0, 0.05) is 28.2 Å². The Labute approximate surface area is 121 Å². The molecule has 19 heavy (non-hydrogen) atoms. The number of aromatic nitrogens is 1. The largest absolute Gasteiger partial charge is 0.465 e. The van der Waals surface area contributed by atoms with Crippen molar-refractivity contribution in [3.8, 4) is 5.88 Å². The Balaban J connectivity index is 2.30. The summed E-state index contributed by atoms with van der Waals surface area (Å²) in [6.07, 6.45) is -4.57. The van der Waals surface area contributed by atoms with E-state index in [1.54, 1.807) is 28.7 Å². The van der Waals surface area contributed by atoms with Crippen molar-refractivity contribution >= 4 is 26.4 Å². The first kappa shape index (κ1) is 14.5. The average molecular weight is 385 g/mol. The van der Waals surface area contributed by atoms with E-state index in [0.29, 0.717) is 5.56 Å². The lowest BCUT2D eigenvalue weighted by Gasteiger charge is -2.19. The molecule has 0 aliphatic heterocycles. The summed E-state index contributed by atoms with van der Waals surface area (Å²) in [4.78, 5) is 15.1. The number of hydrogen-bond acceptors (Lipinski definition) is 3. The SMILES string of the molecule is CC(Oc1nc(C(=O)I)ccc1C1CC1)C(F)(F)F. The molecule has 0 aromatic carbocycles. The second-order valence-electron chi connectivity index (χ2n) is 4.44. The Hall–Kier alpha value is -0.860. The van der Waals surface area contributed by atoms with Gasteiger partial charge in [-0.1, -0.05) is 6.07 Å². The predicted octanol–water partition coefficient (Wildman–Crippen LogP) is 3.86. The van der Waals surface area contributed by atoms with Crippen molar-refractivity contribution in [3.05, 3.63) is 23.4 Å². The molecule has 104 valence electrons. The Kier molecular flexibility index (Phi) is 4.03. The molecule has 1 heterocycles. The molecule has 0 amide bonds. The molecule has 3 nitrogen and oxygen atoms in total. The fourth-order valence-corrected chi connectivity index (χ4v) is 1.89. The Morgan fingerprint density at radius 1 is 1.47 bits per heavy atom. The van der Waals surface area contributed by atoms with E-state index in [1.165, 1.54) is 6.07 Å². The van der Waals surface area contributed by atoms with Crippen molar-refractivity contribution in [3.63, 3.8) is 0 Å². The number of hydrogen-bond donors (Lipinski definition) is 0. The molecule has 1 aromatic rings. The maximum absolute atomic E-state index is 12.5. The molecule has 1 fully saturated rings. The third-order valence-corrected chi connectivity index (χ3v) is 3.41. The van der Waals surface area contributed by atoms with E-state index in [9.17, 15) is 18.0 Å². The van der Waals surface area contributed by atoms with Gasteiger partial charge in [0.25, 0.3) is 0 Å². The van der Waals surface area contributed by atoms with Gasteiger partial charge in [-0.25, -0.2) is 4.98 Å². The van der Waals surface area contributed by atoms with Gasteiger partial charge in [-0.05, 0) is 31.7 Å². The van der Waals surface area contributed by atoms with Crippen molar-refractivity contribution in [2.24, 2.45) is 0 Å². The number of halogens is 4.